The molecule has 0 bridgehead atoms. The molecule has 244 valence electrons. The highest BCUT2D eigenvalue weighted by Crippen LogP contribution is 2.46. The highest BCUT2D eigenvalue weighted by atomic mass is 16.3. The molecular weight excluding hydrogens is 631 g/mol. The van der Waals surface area contributed by atoms with E-state index >= 15 is 0 Å². The molecule has 0 aliphatic carbocycles. The molecular formula is C50H33NO. The van der Waals surface area contributed by atoms with Crippen molar-refractivity contribution in [3.63, 3.8) is 0 Å². The lowest BCUT2D eigenvalue weighted by Crippen LogP contribution is -2.11. The van der Waals surface area contributed by atoms with E-state index < -0.39 is 0 Å². The van der Waals surface area contributed by atoms with Gasteiger partial charge in [-0.05, 0) is 91.8 Å². The van der Waals surface area contributed by atoms with Crippen LogP contribution in [0.15, 0.2) is 205 Å². The molecule has 0 saturated heterocycles. The lowest BCUT2D eigenvalue weighted by molar-refractivity contribution is 0.669. The summed E-state index contributed by atoms with van der Waals surface area (Å²) in [6, 6.07) is 71.7. The van der Waals surface area contributed by atoms with Gasteiger partial charge in [-0.1, -0.05) is 158 Å². The molecule has 9 aromatic carbocycles. The fraction of sp³-hybridized carbons (Fsp3) is 0. The Morgan fingerprint density at radius 3 is 1.63 bits per heavy atom. The van der Waals surface area contributed by atoms with E-state index in [-0.39, 0.29) is 0 Å². The van der Waals surface area contributed by atoms with Gasteiger partial charge in [-0.25, -0.2) is 0 Å². The van der Waals surface area contributed by atoms with Crippen molar-refractivity contribution in [1.29, 1.82) is 0 Å². The van der Waals surface area contributed by atoms with Crippen LogP contribution in [0, 0.1) is 0 Å². The lowest BCUT2D eigenvalue weighted by atomic mass is 9.95. The minimum absolute atomic E-state index is 0.887. The number of rotatable bonds is 6. The third-order valence-electron chi connectivity index (χ3n) is 10.3. The number of fused-ring (bicyclic) bond motifs is 5. The van der Waals surface area contributed by atoms with Crippen LogP contribution in [-0.2, 0) is 0 Å². The number of benzene rings is 9. The normalized spacial score (nSPS) is 11.5. The first-order valence-electron chi connectivity index (χ1n) is 17.8. The predicted octanol–water partition coefficient (Wildman–Crippen LogP) is 14.4. The van der Waals surface area contributed by atoms with Gasteiger partial charge in [0.1, 0.15) is 11.2 Å². The molecule has 0 amide bonds. The molecule has 2 heteroatoms. The maximum Gasteiger partial charge on any atom is 0.136 e. The van der Waals surface area contributed by atoms with E-state index in [2.05, 4.69) is 193 Å². The van der Waals surface area contributed by atoms with Crippen LogP contribution >= 0.6 is 0 Å². The molecule has 10 rings (SSSR count). The van der Waals surface area contributed by atoms with Gasteiger partial charge in [-0.3, -0.25) is 0 Å². The molecule has 0 aliphatic heterocycles. The zero-order valence-electron chi connectivity index (χ0n) is 28.4. The molecule has 0 aliphatic rings. The first kappa shape index (κ1) is 30.0. The average molecular weight is 664 g/mol. The summed E-state index contributed by atoms with van der Waals surface area (Å²) < 4.78 is 6.36. The van der Waals surface area contributed by atoms with E-state index in [1.165, 1.54) is 43.8 Å². The Labute approximate surface area is 302 Å². The molecule has 0 fully saturated rings. The average Bonchev–Trinajstić information content (AvgIpc) is 3.60. The lowest BCUT2D eigenvalue weighted by Gasteiger charge is -2.28. The van der Waals surface area contributed by atoms with Gasteiger partial charge >= 0.3 is 0 Å². The second-order valence-electron chi connectivity index (χ2n) is 13.3. The van der Waals surface area contributed by atoms with Gasteiger partial charge in [0.25, 0.3) is 0 Å². The number of para-hydroxylation sites is 2. The van der Waals surface area contributed by atoms with Crippen molar-refractivity contribution in [3.05, 3.63) is 200 Å². The van der Waals surface area contributed by atoms with Crippen molar-refractivity contribution in [2.75, 3.05) is 4.90 Å². The molecule has 2 nitrogen and oxygen atoms in total. The van der Waals surface area contributed by atoms with Crippen LogP contribution in [0.2, 0.25) is 0 Å². The van der Waals surface area contributed by atoms with Gasteiger partial charge in [0.15, 0.2) is 0 Å². The summed E-state index contributed by atoms with van der Waals surface area (Å²) in [5.41, 5.74) is 12.1. The van der Waals surface area contributed by atoms with Gasteiger partial charge in [0.2, 0.25) is 0 Å². The van der Waals surface area contributed by atoms with Crippen LogP contribution in [0.4, 0.5) is 17.1 Å². The molecule has 0 saturated carbocycles. The fourth-order valence-electron chi connectivity index (χ4n) is 7.88. The van der Waals surface area contributed by atoms with Gasteiger partial charge in [-0.15, -0.1) is 0 Å². The van der Waals surface area contributed by atoms with Crippen LogP contribution in [0.25, 0.3) is 76.9 Å². The SMILES string of the molecule is c1cc(-c2cccc3ccccc23)cc(N(c2ccc(-c3cccc4ccccc34)cc2)c2ccccc2-c2cccc3oc4ccccc4c23)c1. The van der Waals surface area contributed by atoms with E-state index in [0.717, 1.165) is 50.1 Å². The second kappa shape index (κ2) is 12.5. The quantitative estimate of drug-likeness (QED) is 0.176. The Morgan fingerprint density at radius 1 is 0.327 bits per heavy atom. The zero-order valence-corrected chi connectivity index (χ0v) is 28.4. The van der Waals surface area contributed by atoms with E-state index in [1.54, 1.807) is 0 Å². The number of hydrogen-bond acceptors (Lipinski definition) is 2. The molecule has 52 heavy (non-hydrogen) atoms. The molecule has 0 radical (unpaired) electrons. The van der Waals surface area contributed by atoms with Crippen LogP contribution in [-0.4, -0.2) is 0 Å². The van der Waals surface area contributed by atoms with Crippen molar-refractivity contribution in [2.24, 2.45) is 0 Å². The van der Waals surface area contributed by atoms with Gasteiger partial charge in [0, 0.05) is 27.7 Å². The van der Waals surface area contributed by atoms with E-state index in [1.807, 2.05) is 12.1 Å². The molecule has 1 aromatic heterocycles. The Morgan fingerprint density at radius 2 is 0.865 bits per heavy atom. The molecule has 1 heterocycles. The Balaban J connectivity index is 1.18. The summed E-state index contributed by atoms with van der Waals surface area (Å²) in [6.07, 6.45) is 0. The van der Waals surface area contributed by atoms with Crippen LogP contribution in [0.1, 0.15) is 0 Å². The summed E-state index contributed by atoms with van der Waals surface area (Å²) in [6.45, 7) is 0. The van der Waals surface area contributed by atoms with Gasteiger partial charge < -0.3 is 9.32 Å². The van der Waals surface area contributed by atoms with E-state index in [0.29, 0.717) is 0 Å². The summed E-state index contributed by atoms with van der Waals surface area (Å²) in [5, 5.41) is 7.21. The first-order valence-corrected chi connectivity index (χ1v) is 17.8. The topological polar surface area (TPSA) is 16.4 Å². The Kier molecular flexibility index (Phi) is 7.18. The minimum atomic E-state index is 0.887. The molecule has 0 atom stereocenters. The molecule has 0 spiro atoms. The highest BCUT2D eigenvalue weighted by molar-refractivity contribution is 6.14. The Hall–Kier alpha value is -6.90. The standard InChI is InChI=1S/C50H33NO/c1-3-19-40-34(13-1)15-10-23-42(40)36-29-31-38(32-30-36)51(39-18-9-17-37(33-39)43-24-11-16-35-14-2-4-20-41(35)43)47-26-7-5-21-44(47)45-25-12-28-49-50(45)46-22-6-8-27-48(46)52-49/h1-33H. The number of anilines is 3. The van der Waals surface area contributed by atoms with Crippen molar-refractivity contribution >= 4 is 60.5 Å². The van der Waals surface area contributed by atoms with Crippen molar-refractivity contribution in [3.8, 4) is 33.4 Å². The third-order valence-corrected chi connectivity index (χ3v) is 10.3. The largest absolute Gasteiger partial charge is 0.456 e. The van der Waals surface area contributed by atoms with E-state index in [9.17, 15) is 0 Å². The van der Waals surface area contributed by atoms with Crippen molar-refractivity contribution in [1.82, 2.24) is 0 Å². The summed E-state index contributed by atoms with van der Waals surface area (Å²) >= 11 is 0. The van der Waals surface area contributed by atoms with Gasteiger partial charge in [0.05, 0.1) is 5.69 Å². The number of nitrogens with zero attached hydrogens (tertiary/aromatic N) is 1. The molecule has 10 aromatic rings. The third kappa shape index (κ3) is 5.04. The predicted molar refractivity (Wildman–Crippen MR) is 220 cm³/mol. The molecule has 0 unspecified atom stereocenters. The maximum absolute atomic E-state index is 6.36. The van der Waals surface area contributed by atoms with Crippen LogP contribution in [0.5, 0.6) is 0 Å². The van der Waals surface area contributed by atoms with E-state index in [4.69, 9.17) is 4.42 Å². The van der Waals surface area contributed by atoms with Crippen molar-refractivity contribution < 1.29 is 4.42 Å². The zero-order chi connectivity index (χ0) is 34.4. The first-order chi connectivity index (χ1) is 25.8. The van der Waals surface area contributed by atoms with Crippen LogP contribution < -0.4 is 4.90 Å². The minimum Gasteiger partial charge on any atom is -0.456 e. The summed E-state index contributed by atoms with van der Waals surface area (Å²) in [5.74, 6) is 0. The fourth-order valence-corrected chi connectivity index (χ4v) is 7.88. The highest BCUT2D eigenvalue weighted by Gasteiger charge is 2.21. The maximum atomic E-state index is 6.36. The second-order valence-corrected chi connectivity index (χ2v) is 13.3. The van der Waals surface area contributed by atoms with Crippen LogP contribution in [0.3, 0.4) is 0 Å². The molecule has 0 N–H and O–H groups in total. The van der Waals surface area contributed by atoms with Crippen molar-refractivity contribution in [2.45, 2.75) is 0 Å². The Bertz CT molecular complexity index is 2910. The summed E-state index contributed by atoms with van der Waals surface area (Å²) in [7, 11) is 0. The number of furan rings is 1. The van der Waals surface area contributed by atoms with Gasteiger partial charge in [-0.2, -0.15) is 0 Å². The smallest absolute Gasteiger partial charge is 0.136 e. The summed E-state index contributed by atoms with van der Waals surface area (Å²) in [4.78, 5) is 2.40. The number of hydrogen-bond donors (Lipinski definition) is 0. The monoisotopic (exact) mass is 663 g/mol.